The molecule has 166 valence electrons. The number of hydrogen-bond donors (Lipinski definition) is 0. The molecule has 0 radical (unpaired) electrons. The van der Waals surface area contributed by atoms with Gasteiger partial charge < -0.3 is 14.2 Å². The van der Waals surface area contributed by atoms with Crippen LogP contribution < -0.4 is 0 Å². The minimum Gasteiger partial charge on any atom is -0.455 e. The molecule has 0 saturated carbocycles. The average Bonchev–Trinajstić information content (AvgIpc) is 2.89. The highest BCUT2D eigenvalue weighted by Crippen LogP contribution is 2.38. The topological polar surface area (TPSA) is 53.8 Å². The van der Waals surface area contributed by atoms with Crippen molar-refractivity contribution in [2.24, 2.45) is 5.41 Å². The van der Waals surface area contributed by atoms with Crippen molar-refractivity contribution < 1.29 is 14.0 Å². The molecule has 1 fully saturated rings. The molecular formula is C26H34N2O3. The minimum atomic E-state index is -0.114. The molecule has 0 N–H and O–H groups in total. The van der Waals surface area contributed by atoms with E-state index in [1.807, 2.05) is 11.8 Å². The number of furan rings is 1. The van der Waals surface area contributed by atoms with E-state index in [1.54, 1.807) is 0 Å². The van der Waals surface area contributed by atoms with Gasteiger partial charge in [-0.2, -0.15) is 0 Å². The number of carbonyl (C=O) groups excluding carboxylic acids is 2. The predicted octanol–water partition coefficient (Wildman–Crippen LogP) is 4.52. The summed E-state index contributed by atoms with van der Waals surface area (Å²) in [5.41, 5.74) is 2.64. The van der Waals surface area contributed by atoms with Gasteiger partial charge in [-0.25, -0.2) is 0 Å². The molecule has 4 rings (SSSR count). The summed E-state index contributed by atoms with van der Waals surface area (Å²) >= 11 is 0. The van der Waals surface area contributed by atoms with Crippen molar-refractivity contribution in [2.75, 3.05) is 32.7 Å². The van der Waals surface area contributed by atoms with Crippen molar-refractivity contribution in [3.63, 3.8) is 0 Å². The maximum absolute atomic E-state index is 13.3. The Balaban J connectivity index is 1.36. The Morgan fingerprint density at radius 2 is 1.84 bits per heavy atom. The van der Waals surface area contributed by atoms with E-state index in [2.05, 4.69) is 49.1 Å². The van der Waals surface area contributed by atoms with Crippen LogP contribution in [-0.4, -0.2) is 54.2 Å². The minimum absolute atomic E-state index is 0.0661. The van der Waals surface area contributed by atoms with Crippen molar-refractivity contribution in [2.45, 2.75) is 52.9 Å². The van der Waals surface area contributed by atoms with Crippen molar-refractivity contribution in [1.82, 2.24) is 9.80 Å². The Labute approximate surface area is 185 Å². The zero-order chi connectivity index (χ0) is 22.0. The molecule has 31 heavy (non-hydrogen) atoms. The summed E-state index contributed by atoms with van der Waals surface area (Å²) < 4.78 is 6.01. The molecule has 1 aliphatic carbocycles. The lowest BCUT2D eigenvalue weighted by Crippen LogP contribution is -2.35. The van der Waals surface area contributed by atoms with Gasteiger partial charge in [0.1, 0.15) is 5.76 Å². The largest absolute Gasteiger partial charge is 0.455 e. The molecule has 1 aliphatic heterocycles. The van der Waals surface area contributed by atoms with Gasteiger partial charge in [0.2, 0.25) is 0 Å². The quantitative estimate of drug-likeness (QED) is 0.711. The van der Waals surface area contributed by atoms with Crippen LogP contribution in [0.15, 0.2) is 34.7 Å². The maximum Gasteiger partial charge on any atom is 0.289 e. The number of carbonyl (C=O) groups is 2. The summed E-state index contributed by atoms with van der Waals surface area (Å²) in [6, 6.07) is 10.6. The second-order valence-electron chi connectivity index (χ2n) is 9.87. The van der Waals surface area contributed by atoms with Crippen LogP contribution in [-0.2, 0) is 12.8 Å². The van der Waals surface area contributed by atoms with E-state index in [-0.39, 0.29) is 17.1 Å². The van der Waals surface area contributed by atoms with E-state index in [1.165, 1.54) is 5.56 Å². The highest BCUT2D eigenvalue weighted by atomic mass is 16.4. The fraction of sp³-hybridized carbons (Fsp3) is 0.538. The van der Waals surface area contributed by atoms with Crippen LogP contribution >= 0.6 is 0 Å². The molecule has 1 amide bonds. The lowest BCUT2D eigenvalue weighted by Gasteiger charge is -2.27. The van der Waals surface area contributed by atoms with Gasteiger partial charge in [0.25, 0.3) is 5.91 Å². The van der Waals surface area contributed by atoms with E-state index in [0.717, 1.165) is 51.0 Å². The van der Waals surface area contributed by atoms with E-state index >= 15 is 0 Å². The zero-order valence-electron chi connectivity index (χ0n) is 19.1. The Morgan fingerprint density at radius 3 is 2.61 bits per heavy atom. The number of aryl methyl sites for hydroxylation is 1. The smallest absolute Gasteiger partial charge is 0.289 e. The number of rotatable bonds is 5. The molecule has 5 nitrogen and oxygen atoms in total. The highest BCUT2D eigenvalue weighted by molar-refractivity contribution is 6.03. The fourth-order valence-electron chi connectivity index (χ4n) is 4.98. The average molecular weight is 423 g/mol. The van der Waals surface area contributed by atoms with Crippen molar-refractivity contribution in [3.05, 3.63) is 58.5 Å². The van der Waals surface area contributed by atoms with Crippen molar-refractivity contribution >= 4 is 11.7 Å². The van der Waals surface area contributed by atoms with Crippen LogP contribution in [0.1, 0.15) is 70.9 Å². The van der Waals surface area contributed by atoms with Crippen molar-refractivity contribution in [1.29, 1.82) is 0 Å². The first kappa shape index (κ1) is 21.8. The molecule has 2 aromatic rings. The zero-order valence-corrected chi connectivity index (χ0v) is 19.1. The van der Waals surface area contributed by atoms with E-state index in [0.29, 0.717) is 36.5 Å². The highest BCUT2D eigenvalue weighted by Gasteiger charge is 2.37. The Morgan fingerprint density at radius 1 is 1.06 bits per heavy atom. The molecule has 0 unspecified atom stereocenters. The number of benzene rings is 1. The maximum atomic E-state index is 13.3. The number of hydrogen-bond acceptors (Lipinski definition) is 4. The number of ketones is 1. The second-order valence-corrected chi connectivity index (χ2v) is 9.87. The molecule has 2 aliphatic rings. The molecule has 1 saturated heterocycles. The second kappa shape index (κ2) is 8.99. The summed E-state index contributed by atoms with van der Waals surface area (Å²) in [4.78, 5) is 30.3. The van der Waals surface area contributed by atoms with Crippen molar-refractivity contribution in [3.8, 4) is 0 Å². The summed E-state index contributed by atoms with van der Waals surface area (Å²) in [6.07, 6.45) is 4.39. The van der Waals surface area contributed by atoms with Gasteiger partial charge in [0, 0.05) is 38.0 Å². The third kappa shape index (κ3) is 4.93. The predicted molar refractivity (Wildman–Crippen MR) is 122 cm³/mol. The van der Waals surface area contributed by atoms with Gasteiger partial charge in [0.05, 0.1) is 5.56 Å². The van der Waals surface area contributed by atoms with Crippen LogP contribution in [0.2, 0.25) is 0 Å². The van der Waals surface area contributed by atoms with Crippen LogP contribution in [0, 0.1) is 12.3 Å². The SMILES string of the molecule is Cc1c(C(=O)N2CCCN(CCCc3ccccc3)CC2)oc2c1C(=O)CC(C)(C)C2. The molecule has 1 aromatic carbocycles. The van der Waals surface area contributed by atoms with Crippen LogP contribution in [0.4, 0.5) is 0 Å². The lowest BCUT2D eigenvalue weighted by atomic mass is 9.76. The molecule has 5 heteroatoms. The lowest BCUT2D eigenvalue weighted by molar-refractivity contribution is 0.0723. The Hall–Kier alpha value is -2.40. The third-order valence-electron chi connectivity index (χ3n) is 6.63. The first-order valence-corrected chi connectivity index (χ1v) is 11.5. The first-order chi connectivity index (χ1) is 14.8. The Bertz CT molecular complexity index is 945. The molecule has 0 atom stereocenters. The van der Waals surface area contributed by atoms with Gasteiger partial charge in [0.15, 0.2) is 11.5 Å². The van der Waals surface area contributed by atoms with Gasteiger partial charge in [-0.3, -0.25) is 9.59 Å². The molecule has 0 bridgehead atoms. The van der Waals surface area contributed by atoms with Crippen LogP contribution in [0.3, 0.4) is 0 Å². The van der Waals surface area contributed by atoms with Gasteiger partial charge >= 0.3 is 0 Å². The summed E-state index contributed by atoms with van der Waals surface area (Å²) in [5.74, 6) is 1.10. The first-order valence-electron chi connectivity index (χ1n) is 11.5. The number of fused-ring (bicyclic) bond motifs is 1. The number of amides is 1. The summed E-state index contributed by atoms with van der Waals surface area (Å²) in [6.45, 7) is 10.4. The van der Waals surface area contributed by atoms with E-state index < -0.39 is 0 Å². The van der Waals surface area contributed by atoms with Gasteiger partial charge in [-0.15, -0.1) is 0 Å². The normalized spacial score (nSPS) is 19.2. The number of Topliss-reactive ketones (excluding diaryl/α,β-unsaturated/α-hetero) is 1. The fourth-order valence-corrected chi connectivity index (χ4v) is 4.98. The van der Waals surface area contributed by atoms with E-state index in [9.17, 15) is 9.59 Å². The Kier molecular flexibility index (Phi) is 6.33. The standard InChI is InChI=1S/C26H34N2O3/c1-19-23-21(29)17-26(2,3)18-22(23)31-24(19)25(30)28-14-8-13-27(15-16-28)12-7-11-20-9-5-4-6-10-20/h4-6,9-10H,7-8,11-18H2,1-3H3. The van der Waals surface area contributed by atoms with E-state index in [4.69, 9.17) is 4.42 Å². The molecular weight excluding hydrogens is 388 g/mol. The molecule has 0 spiro atoms. The van der Waals surface area contributed by atoms with Crippen LogP contribution in [0.5, 0.6) is 0 Å². The third-order valence-corrected chi connectivity index (χ3v) is 6.63. The molecule has 1 aromatic heterocycles. The summed E-state index contributed by atoms with van der Waals surface area (Å²) in [7, 11) is 0. The molecule has 2 heterocycles. The van der Waals surface area contributed by atoms with Gasteiger partial charge in [-0.05, 0) is 50.3 Å². The monoisotopic (exact) mass is 422 g/mol. The van der Waals surface area contributed by atoms with Gasteiger partial charge in [-0.1, -0.05) is 44.2 Å². The number of nitrogens with zero attached hydrogens (tertiary/aromatic N) is 2. The van der Waals surface area contributed by atoms with Crippen LogP contribution in [0.25, 0.3) is 0 Å². The summed E-state index contributed by atoms with van der Waals surface area (Å²) in [5, 5.41) is 0.